The van der Waals surface area contributed by atoms with Gasteiger partial charge in [0.15, 0.2) is 0 Å². The first kappa shape index (κ1) is 12.2. The molecule has 0 spiro atoms. The van der Waals surface area contributed by atoms with Crippen LogP contribution in [-0.2, 0) is 9.53 Å². The van der Waals surface area contributed by atoms with Crippen LogP contribution >= 0.6 is 0 Å². The summed E-state index contributed by atoms with van der Waals surface area (Å²) in [6, 6.07) is 7.32. The van der Waals surface area contributed by atoms with E-state index >= 15 is 0 Å². The molecule has 1 atom stereocenters. The minimum Gasteiger partial charge on any atom is -0.492 e. The Bertz CT molecular complexity index is 461. The topological polar surface area (TPSA) is 76.7 Å². The standard InChI is InChI=1S/C12H14N2O4/c1-2-17-12(16)14-13-11(15)9-7-18-10-6-4-3-5-8(9)10/h3-6,9H,2,7H2,1H3,(H,13,15)(H,14,16). The number of amides is 2. The van der Waals surface area contributed by atoms with Crippen LogP contribution in [0, 0.1) is 0 Å². The summed E-state index contributed by atoms with van der Waals surface area (Å²) in [5.41, 5.74) is 5.30. The smallest absolute Gasteiger partial charge is 0.426 e. The molecule has 1 aromatic carbocycles. The quantitative estimate of drug-likeness (QED) is 0.766. The predicted molar refractivity (Wildman–Crippen MR) is 63.0 cm³/mol. The molecule has 2 amide bonds. The number of nitrogens with one attached hydrogen (secondary N) is 2. The molecular formula is C12H14N2O4. The molecule has 0 aliphatic carbocycles. The molecule has 1 aromatic rings. The maximum atomic E-state index is 11.9. The fourth-order valence-electron chi connectivity index (χ4n) is 1.75. The van der Waals surface area contributed by atoms with Gasteiger partial charge in [-0.15, -0.1) is 0 Å². The van der Waals surface area contributed by atoms with E-state index in [1.165, 1.54) is 0 Å². The molecule has 2 N–H and O–H groups in total. The van der Waals surface area contributed by atoms with E-state index in [2.05, 4.69) is 15.6 Å². The second-order valence-corrected chi connectivity index (χ2v) is 3.74. The second-order valence-electron chi connectivity index (χ2n) is 3.74. The van der Waals surface area contributed by atoms with Crippen LogP contribution in [0.1, 0.15) is 18.4 Å². The third-order valence-corrected chi connectivity index (χ3v) is 2.58. The van der Waals surface area contributed by atoms with Crippen LogP contribution in [-0.4, -0.2) is 25.2 Å². The van der Waals surface area contributed by atoms with Crippen LogP contribution in [0.15, 0.2) is 24.3 Å². The van der Waals surface area contributed by atoms with Gasteiger partial charge in [0.05, 0.1) is 6.61 Å². The van der Waals surface area contributed by atoms with Gasteiger partial charge in [-0.05, 0) is 13.0 Å². The summed E-state index contributed by atoms with van der Waals surface area (Å²) in [6.07, 6.45) is -0.682. The van der Waals surface area contributed by atoms with Gasteiger partial charge in [-0.25, -0.2) is 10.2 Å². The first-order valence-electron chi connectivity index (χ1n) is 5.66. The van der Waals surface area contributed by atoms with Crippen molar-refractivity contribution in [1.82, 2.24) is 10.9 Å². The molecule has 0 bridgehead atoms. The molecule has 1 aliphatic heterocycles. The highest BCUT2D eigenvalue weighted by Gasteiger charge is 2.30. The zero-order valence-corrected chi connectivity index (χ0v) is 9.93. The maximum absolute atomic E-state index is 11.9. The number of ether oxygens (including phenoxy) is 2. The Labute approximate surface area is 104 Å². The van der Waals surface area contributed by atoms with Crippen molar-refractivity contribution in [2.45, 2.75) is 12.8 Å². The molecule has 18 heavy (non-hydrogen) atoms. The molecule has 1 heterocycles. The normalized spacial score (nSPS) is 16.4. The van der Waals surface area contributed by atoms with Crippen LogP contribution < -0.4 is 15.6 Å². The van der Waals surface area contributed by atoms with Gasteiger partial charge in [0, 0.05) is 5.56 Å². The summed E-state index contributed by atoms with van der Waals surface area (Å²) >= 11 is 0. The number of fused-ring (bicyclic) bond motifs is 1. The molecule has 0 saturated heterocycles. The molecule has 1 unspecified atom stereocenters. The van der Waals surface area contributed by atoms with Crippen molar-refractivity contribution in [2.24, 2.45) is 0 Å². The number of rotatable bonds is 2. The zero-order valence-electron chi connectivity index (χ0n) is 9.93. The van der Waals surface area contributed by atoms with Crippen LogP contribution in [0.2, 0.25) is 0 Å². The Morgan fingerprint density at radius 1 is 1.39 bits per heavy atom. The minimum absolute atomic E-state index is 0.247. The first-order chi connectivity index (χ1) is 8.72. The van der Waals surface area contributed by atoms with E-state index in [0.29, 0.717) is 5.75 Å². The number of para-hydroxylation sites is 1. The third-order valence-electron chi connectivity index (χ3n) is 2.58. The number of carbonyl (C=O) groups excluding carboxylic acids is 2. The van der Waals surface area contributed by atoms with E-state index in [4.69, 9.17) is 4.74 Å². The van der Waals surface area contributed by atoms with Gasteiger partial charge in [-0.3, -0.25) is 10.2 Å². The monoisotopic (exact) mass is 250 g/mol. The fourth-order valence-corrected chi connectivity index (χ4v) is 1.75. The van der Waals surface area contributed by atoms with Gasteiger partial charge in [-0.1, -0.05) is 18.2 Å². The lowest BCUT2D eigenvalue weighted by atomic mass is 10.0. The number of hydrazine groups is 1. The molecule has 0 saturated carbocycles. The van der Waals surface area contributed by atoms with Crippen LogP contribution in [0.5, 0.6) is 5.75 Å². The molecule has 2 rings (SSSR count). The van der Waals surface area contributed by atoms with Gasteiger partial charge in [0.1, 0.15) is 18.3 Å². The van der Waals surface area contributed by atoms with Crippen molar-refractivity contribution in [3.05, 3.63) is 29.8 Å². The van der Waals surface area contributed by atoms with Crippen LogP contribution in [0.4, 0.5) is 4.79 Å². The fraction of sp³-hybridized carbons (Fsp3) is 0.333. The molecule has 96 valence electrons. The SMILES string of the molecule is CCOC(=O)NNC(=O)C1COc2ccccc21. The average molecular weight is 250 g/mol. The highest BCUT2D eigenvalue weighted by atomic mass is 16.6. The molecule has 6 nitrogen and oxygen atoms in total. The van der Waals surface area contributed by atoms with Crippen LogP contribution in [0.25, 0.3) is 0 Å². The Balaban J connectivity index is 1.93. The molecule has 0 aromatic heterocycles. The van der Waals surface area contributed by atoms with E-state index in [1.807, 2.05) is 18.2 Å². The lowest BCUT2D eigenvalue weighted by molar-refractivity contribution is -0.123. The van der Waals surface area contributed by atoms with E-state index in [-0.39, 0.29) is 19.1 Å². The minimum atomic E-state index is -0.682. The van der Waals surface area contributed by atoms with E-state index in [0.717, 1.165) is 5.56 Å². The summed E-state index contributed by atoms with van der Waals surface area (Å²) in [6.45, 7) is 2.20. The van der Waals surface area contributed by atoms with Crippen LogP contribution in [0.3, 0.4) is 0 Å². The maximum Gasteiger partial charge on any atom is 0.426 e. The summed E-state index contributed by atoms with van der Waals surface area (Å²) in [4.78, 5) is 22.9. The third kappa shape index (κ3) is 2.53. The summed E-state index contributed by atoms with van der Waals surface area (Å²) in [5, 5.41) is 0. The Morgan fingerprint density at radius 3 is 2.94 bits per heavy atom. The van der Waals surface area contributed by atoms with Crippen molar-refractivity contribution in [2.75, 3.05) is 13.2 Å². The van der Waals surface area contributed by atoms with Gasteiger partial charge in [0.2, 0.25) is 5.91 Å². The number of hydrogen-bond donors (Lipinski definition) is 2. The van der Waals surface area contributed by atoms with E-state index < -0.39 is 12.0 Å². The molecule has 1 aliphatic rings. The Kier molecular flexibility index (Phi) is 3.66. The lowest BCUT2D eigenvalue weighted by Crippen LogP contribution is -2.44. The molecular weight excluding hydrogens is 236 g/mol. The van der Waals surface area contributed by atoms with Crippen molar-refractivity contribution in [3.8, 4) is 5.75 Å². The molecule has 0 radical (unpaired) electrons. The first-order valence-corrected chi connectivity index (χ1v) is 5.66. The molecule has 0 fully saturated rings. The molecule has 6 heteroatoms. The summed E-state index contributed by atoms with van der Waals surface area (Å²) in [5.74, 6) is -0.0371. The predicted octanol–water partition coefficient (Wildman–Crippen LogP) is 0.940. The summed E-state index contributed by atoms with van der Waals surface area (Å²) in [7, 11) is 0. The van der Waals surface area contributed by atoms with Crippen molar-refractivity contribution in [1.29, 1.82) is 0 Å². The number of carbonyl (C=O) groups is 2. The van der Waals surface area contributed by atoms with Crippen molar-refractivity contribution < 1.29 is 19.1 Å². The van der Waals surface area contributed by atoms with E-state index in [1.54, 1.807) is 13.0 Å². The van der Waals surface area contributed by atoms with Gasteiger partial charge < -0.3 is 9.47 Å². The average Bonchev–Trinajstić information content (AvgIpc) is 2.80. The number of hydrogen-bond acceptors (Lipinski definition) is 4. The largest absolute Gasteiger partial charge is 0.492 e. The Hall–Kier alpha value is -2.24. The van der Waals surface area contributed by atoms with E-state index in [9.17, 15) is 9.59 Å². The highest BCUT2D eigenvalue weighted by Crippen LogP contribution is 2.33. The van der Waals surface area contributed by atoms with Crippen molar-refractivity contribution >= 4 is 12.0 Å². The summed E-state index contributed by atoms with van der Waals surface area (Å²) < 4.78 is 10.0. The zero-order chi connectivity index (χ0) is 13.0. The highest BCUT2D eigenvalue weighted by molar-refractivity contribution is 5.86. The lowest BCUT2D eigenvalue weighted by Gasteiger charge is -2.10. The van der Waals surface area contributed by atoms with Gasteiger partial charge >= 0.3 is 6.09 Å². The van der Waals surface area contributed by atoms with Gasteiger partial charge in [-0.2, -0.15) is 0 Å². The van der Waals surface area contributed by atoms with Gasteiger partial charge in [0.25, 0.3) is 0 Å². The number of benzene rings is 1. The Morgan fingerprint density at radius 2 is 2.17 bits per heavy atom. The second kappa shape index (κ2) is 5.39. The van der Waals surface area contributed by atoms with Crippen molar-refractivity contribution in [3.63, 3.8) is 0 Å².